The highest BCUT2D eigenvalue weighted by molar-refractivity contribution is 6.18. The molecule has 218 valence electrons. The van der Waals surface area contributed by atoms with Crippen LogP contribution in [0.15, 0.2) is 42.5 Å². The molecule has 0 unspecified atom stereocenters. The molecule has 0 aromatic heterocycles. The Hall–Kier alpha value is -2.27. The van der Waals surface area contributed by atoms with Crippen LogP contribution in [0, 0.1) is 0 Å². The number of carbonyl (C=O) groups is 1. The molecule has 0 fully saturated rings. The monoisotopic (exact) mass is 588 g/mol. The van der Waals surface area contributed by atoms with Crippen LogP contribution in [0.25, 0.3) is 0 Å². The molecule has 0 aliphatic carbocycles. The zero-order chi connectivity index (χ0) is 28.0. The van der Waals surface area contributed by atoms with Crippen LogP contribution in [-0.2, 0) is 30.3 Å². The quantitative estimate of drug-likeness (QED) is 0.104. The fourth-order valence-corrected chi connectivity index (χ4v) is 3.39. The zero-order valence-corrected chi connectivity index (χ0v) is 23.9. The molecule has 0 aliphatic rings. The Kier molecular flexibility index (Phi) is 18.2. The Morgan fingerprint density at radius 2 is 1.15 bits per heavy atom. The van der Waals surface area contributed by atoms with Gasteiger partial charge in [0.2, 0.25) is 5.75 Å². The molecule has 0 aliphatic heterocycles. The molecule has 2 rings (SSSR count). The second kappa shape index (κ2) is 21.5. The lowest BCUT2D eigenvalue weighted by molar-refractivity contribution is 0.0389. The topological polar surface area (TPSA) is 90.9 Å². The van der Waals surface area contributed by atoms with Crippen LogP contribution >= 0.6 is 23.2 Å². The summed E-state index contributed by atoms with van der Waals surface area (Å²) in [5.41, 5.74) is 1.24. The number of carbonyl (C=O) groups excluding carboxylic acids is 1. The average Bonchev–Trinajstić information content (AvgIpc) is 2.95. The summed E-state index contributed by atoms with van der Waals surface area (Å²) in [4.78, 5) is 12.6. The molecule has 2 aromatic carbocycles. The van der Waals surface area contributed by atoms with Crippen LogP contribution in [0.5, 0.6) is 17.2 Å². The van der Waals surface area contributed by atoms with E-state index in [1.807, 2.05) is 30.3 Å². The number of esters is 1. The largest absolute Gasteiger partial charge is 0.487 e. The molecule has 0 N–H and O–H groups in total. The molecule has 9 nitrogen and oxygen atoms in total. The van der Waals surface area contributed by atoms with Crippen molar-refractivity contribution in [3.05, 3.63) is 53.6 Å². The van der Waals surface area contributed by atoms with Crippen molar-refractivity contribution in [2.45, 2.75) is 13.5 Å². The molecule has 0 atom stereocenters. The normalized spacial score (nSPS) is 10.8. The maximum absolute atomic E-state index is 12.6. The second-order valence-electron chi connectivity index (χ2n) is 7.82. The van der Waals surface area contributed by atoms with Crippen molar-refractivity contribution in [2.24, 2.45) is 0 Å². The van der Waals surface area contributed by atoms with E-state index in [9.17, 15) is 4.79 Å². The fraction of sp³-hybridized carbons (Fsp3) is 0.536. The maximum atomic E-state index is 12.6. The van der Waals surface area contributed by atoms with Gasteiger partial charge in [-0.15, -0.1) is 23.2 Å². The first-order chi connectivity index (χ1) is 19.2. The Bertz CT molecular complexity index is 874. The lowest BCUT2D eigenvalue weighted by atomic mass is 10.1. The average molecular weight is 590 g/mol. The SMILES string of the molecule is CCOC(=O)c1cc(OCCOCCOCCCl)c(OCc2ccccc2)c(OCCOCCOCCCl)c1. The first kappa shape index (κ1) is 32.9. The summed E-state index contributed by atoms with van der Waals surface area (Å²) in [7, 11) is 0. The zero-order valence-electron chi connectivity index (χ0n) is 22.4. The van der Waals surface area contributed by atoms with Gasteiger partial charge in [-0.1, -0.05) is 30.3 Å². The van der Waals surface area contributed by atoms with Crippen LogP contribution in [0.3, 0.4) is 0 Å². The van der Waals surface area contributed by atoms with E-state index in [0.29, 0.717) is 81.9 Å². The van der Waals surface area contributed by atoms with Gasteiger partial charge in [-0.25, -0.2) is 4.79 Å². The van der Waals surface area contributed by atoms with Gasteiger partial charge in [-0.2, -0.15) is 0 Å². The van der Waals surface area contributed by atoms with Crippen molar-refractivity contribution in [3.8, 4) is 17.2 Å². The van der Waals surface area contributed by atoms with E-state index in [2.05, 4.69) is 0 Å². The first-order valence-electron chi connectivity index (χ1n) is 12.9. The van der Waals surface area contributed by atoms with Gasteiger partial charge in [0.1, 0.15) is 19.8 Å². The first-order valence-corrected chi connectivity index (χ1v) is 14.0. The van der Waals surface area contributed by atoms with E-state index in [0.717, 1.165) is 5.56 Å². The van der Waals surface area contributed by atoms with E-state index in [1.54, 1.807) is 19.1 Å². The summed E-state index contributed by atoms with van der Waals surface area (Å²) in [6.45, 7) is 5.94. The summed E-state index contributed by atoms with van der Waals surface area (Å²) in [5, 5.41) is 0. The highest BCUT2D eigenvalue weighted by Crippen LogP contribution is 2.40. The van der Waals surface area contributed by atoms with Crippen molar-refractivity contribution >= 4 is 29.2 Å². The number of alkyl halides is 2. The molecule has 11 heteroatoms. The van der Waals surface area contributed by atoms with Crippen LogP contribution in [-0.4, -0.2) is 90.4 Å². The third kappa shape index (κ3) is 14.1. The van der Waals surface area contributed by atoms with Gasteiger partial charge in [0.15, 0.2) is 11.5 Å². The van der Waals surface area contributed by atoms with E-state index in [1.165, 1.54) is 0 Å². The minimum absolute atomic E-state index is 0.217. The number of halogens is 2. The standard InChI is InChI=1S/C28H38Cl2O9/c1-2-36-28(31)24-20-25(37-18-16-34-14-12-32-10-8-29)27(39-22-23-6-4-3-5-7-23)26(21-24)38-19-17-35-15-13-33-11-9-30/h3-7,20-21H,2,8-19,22H2,1H3. The molecule has 0 bridgehead atoms. The minimum atomic E-state index is -0.498. The maximum Gasteiger partial charge on any atom is 0.338 e. The highest BCUT2D eigenvalue weighted by atomic mass is 35.5. The van der Waals surface area contributed by atoms with Crippen LogP contribution in [0.2, 0.25) is 0 Å². The van der Waals surface area contributed by atoms with Gasteiger partial charge in [0.05, 0.1) is 65.0 Å². The predicted molar refractivity (Wildman–Crippen MR) is 149 cm³/mol. The van der Waals surface area contributed by atoms with E-state index < -0.39 is 5.97 Å². The Morgan fingerprint density at radius 3 is 1.64 bits per heavy atom. The summed E-state index contributed by atoms with van der Waals surface area (Å²) in [5.74, 6) is 1.41. The van der Waals surface area contributed by atoms with Gasteiger partial charge < -0.3 is 37.9 Å². The number of hydrogen-bond donors (Lipinski definition) is 0. The molecular formula is C28H38Cl2O9. The molecule has 0 saturated carbocycles. The van der Waals surface area contributed by atoms with Crippen molar-refractivity contribution in [1.29, 1.82) is 0 Å². The Labute approximate surface area is 240 Å². The fourth-order valence-electron chi connectivity index (χ4n) is 3.17. The third-order valence-corrected chi connectivity index (χ3v) is 5.22. The van der Waals surface area contributed by atoms with Crippen molar-refractivity contribution < 1.29 is 42.7 Å². The highest BCUT2D eigenvalue weighted by Gasteiger charge is 2.20. The van der Waals surface area contributed by atoms with Gasteiger partial charge in [0, 0.05) is 11.8 Å². The Morgan fingerprint density at radius 1 is 0.667 bits per heavy atom. The number of ether oxygens (including phenoxy) is 8. The third-order valence-electron chi connectivity index (χ3n) is 4.92. The van der Waals surface area contributed by atoms with Gasteiger partial charge in [0.25, 0.3) is 0 Å². The molecule has 0 saturated heterocycles. The van der Waals surface area contributed by atoms with Crippen molar-refractivity contribution in [2.75, 3.05) is 84.4 Å². The second-order valence-corrected chi connectivity index (χ2v) is 8.58. The number of hydrogen-bond acceptors (Lipinski definition) is 9. The minimum Gasteiger partial charge on any atom is -0.487 e. The molecule has 0 spiro atoms. The molecule has 0 radical (unpaired) electrons. The van der Waals surface area contributed by atoms with Gasteiger partial charge in [-0.3, -0.25) is 0 Å². The number of benzene rings is 2. The van der Waals surface area contributed by atoms with Crippen LogP contribution < -0.4 is 14.2 Å². The lowest BCUT2D eigenvalue weighted by Crippen LogP contribution is -2.14. The summed E-state index contributed by atoms with van der Waals surface area (Å²) >= 11 is 11.2. The molecule has 39 heavy (non-hydrogen) atoms. The summed E-state index contributed by atoms with van der Waals surface area (Å²) < 4.78 is 45.0. The van der Waals surface area contributed by atoms with Crippen molar-refractivity contribution in [3.63, 3.8) is 0 Å². The van der Waals surface area contributed by atoms with E-state index in [-0.39, 0.29) is 32.0 Å². The molecular weight excluding hydrogens is 551 g/mol. The molecule has 2 aromatic rings. The van der Waals surface area contributed by atoms with Gasteiger partial charge >= 0.3 is 5.97 Å². The van der Waals surface area contributed by atoms with E-state index in [4.69, 9.17) is 61.1 Å². The molecule has 0 heterocycles. The van der Waals surface area contributed by atoms with Crippen LogP contribution in [0.1, 0.15) is 22.8 Å². The lowest BCUT2D eigenvalue weighted by Gasteiger charge is -2.19. The summed E-state index contributed by atoms with van der Waals surface area (Å²) in [6.07, 6.45) is 0. The number of rotatable bonds is 23. The van der Waals surface area contributed by atoms with Crippen LogP contribution in [0.4, 0.5) is 0 Å². The smallest absolute Gasteiger partial charge is 0.338 e. The summed E-state index contributed by atoms with van der Waals surface area (Å²) in [6, 6.07) is 12.9. The predicted octanol–water partition coefficient (Wildman–Crippen LogP) is 4.74. The van der Waals surface area contributed by atoms with E-state index >= 15 is 0 Å². The Balaban J connectivity index is 2.11. The van der Waals surface area contributed by atoms with Crippen molar-refractivity contribution in [1.82, 2.24) is 0 Å². The van der Waals surface area contributed by atoms with Gasteiger partial charge in [-0.05, 0) is 24.6 Å². The molecule has 0 amide bonds.